The van der Waals surface area contributed by atoms with Gasteiger partial charge in [-0.25, -0.2) is 9.59 Å². The summed E-state index contributed by atoms with van der Waals surface area (Å²) in [6.07, 6.45) is 1.69. The van der Waals surface area contributed by atoms with Gasteiger partial charge in [0.05, 0.1) is 6.61 Å². The highest BCUT2D eigenvalue weighted by Crippen LogP contribution is 2.35. The number of aliphatic hydroxyl groups is 4. The fraction of sp³-hybridized carbons (Fsp3) is 0.588. The molecule has 7 N–H and O–H groups in total. The molecule has 46 heavy (non-hydrogen) atoms. The third-order valence-electron chi connectivity index (χ3n) is 8.16. The summed E-state index contributed by atoms with van der Waals surface area (Å²) in [5.74, 6) is -3.41. The first-order chi connectivity index (χ1) is 22.0. The van der Waals surface area contributed by atoms with E-state index in [0.717, 1.165) is 69.9 Å². The summed E-state index contributed by atoms with van der Waals surface area (Å²) >= 11 is 0. The number of hydrogen-bond donors (Lipinski definition) is 7. The number of carbonyl (C=O) groups excluding carboxylic acids is 1. The molecule has 0 spiro atoms. The summed E-state index contributed by atoms with van der Waals surface area (Å²) in [5.41, 5.74) is 0.274. The lowest BCUT2D eigenvalue weighted by molar-refractivity contribution is -0.277. The minimum atomic E-state index is -1.81. The lowest BCUT2D eigenvalue weighted by Gasteiger charge is -2.39. The van der Waals surface area contributed by atoms with Gasteiger partial charge < -0.3 is 50.0 Å². The van der Waals surface area contributed by atoms with E-state index >= 15 is 0 Å². The number of aliphatic hydroxyl groups excluding tert-OH is 4. The lowest BCUT2D eigenvalue weighted by atomic mass is 9.98. The Kier molecular flexibility index (Phi) is 14.5. The maximum absolute atomic E-state index is 13.5. The van der Waals surface area contributed by atoms with Gasteiger partial charge in [0, 0.05) is 12.1 Å². The Morgan fingerprint density at radius 2 is 1.35 bits per heavy atom. The summed E-state index contributed by atoms with van der Waals surface area (Å²) in [5, 5.41) is 71.5. The van der Waals surface area contributed by atoms with Crippen LogP contribution in [0.5, 0.6) is 23.0 Å². The van der Waals surface area contributed by atoms with Crippen LogP contribution in [0.3, 0.4) is 0 Å². The van der Waals surface area contributed by atoms with Crippen molar-refractivity contribution in [2.45, 2.75) is 122 Å². The van der Waals surface area contributed by atoms with Gasteiger partial charge in [-0.05, 0) is 48.9 Å². The third kappa shape index (κ3) is 9.79. The van der Waals surface area contributed by atoms with Gasteiger partial charge in [0.2, 0.25) is 6.29 Å². The maximum Gasteiger partial charge on any atom is 0.347 e. The number of phenols is 2. The third-order valence-corrected chi connectivity index (χ3v) is 8.16. The van der Waals surface area contributed by atoms with E-state index in [1.54, 1.807) is 0 Å². The number of ether oxygens (including phenoxy) is 3. The van der Waals surface area contributed by atoms with Gasteiger partial charge in [0.1, 0.15) is 58.5 Å². The summed E-state index contributed by atoms with van der Waals surface area (Å²) < 4.78 is 16.9. The van der Waals surface area contributed by atoms with Gasteiger partial charge in [0.15, 0.2) is 0 Å². The summed E-state index contributed by atoms with van der Waals surface area (Å²) in [6, 6.07) is 4.98. The molecular weight excluding hydrogens is 600 g/mol. The fourth-order valence-corrected chi connectivity index (χ4v) is 5.62. The minimum absolute atomic E-state index is 0.112. The Bertz CT molecular complexity index is 1290. The molecule has 0 aromatic heterocycles. The number of rotatable bonds is 18. The van der Waals surface area contributed by atoms with Crippen LogP contribution in [-0.4, -0.2) is 85.0 Å². The smallest absolute Gasteiger partial charge is 0.347 e. The Labute approximate surface area is 269 Å². The molecule has 1 aliphatic heterocycles. The topological polar surface area (TPSA) is 203 Å². The molecule has 0 unspecified atom stereocenters. The second-order valence-electron chi connectivity index (χ2n) is 11.8. The van der Waals surface area contributed by atoms with E-state index in [-0.39, 0.29) is 40.4 Å². The molecule has 2 aromatic carbocycles. The zero-order valence-electron chi connectivity index (χ0n) is 26.6. The SMILES string of the molecule is CCCCCCCc1cc(O)cc(O)c1C(=O)Oc1cc(CCCCCCC)c(C(=O)O)c(O[C@@H]2O[C@H](CO)[C@H](O)[C@H](O)[C@H]2O)c1. The predicted octanol–water partition coefficient (Wildman–Crippen LogP) is 4.22. The average molecular weight is 649 g/mol. The Morgan fingerprint density at radius 1 is 0.761 bits per heavy atom. The highest BCUT2D eigenvalue weighted by atomic mass is 16.7. The summed E-state index contributed by atoms with van der Waals surface area (Å²) in [7, 11) is 0. The van der Waals surface area contributed by atoms with Crippen LogP contribution in [0.15, 0.2) is 24.3 Å². The van der Waals surface area contributed by atoms with E-state index < -0.39 is 55.0 Å². The normalized spacial score (nSPS) is 21.2. The Hall–Kier alpha value is -3.42. The monoisotopic (exact) mass is 648 g/mol. The van der Waals surface area contributed by atoms with Gasteiger partial charge in [-0.1, -0.05) is 65.2 Å². The number of carbonyl (C=O) groups is 2. The standard InChI is InChI=1S/C34H48O12/c1-3-5-7-9-11-13-20-15-22(36)17-24(37)27(20)33(43)44-23-16-21(14-12-10-8-6-4-2)28(32(41)42)25(18-23)45-34-31(40)30(39)29(38)26(19-35)46-34/h15-18,26,29-31,34-40H,3-14,19H2,1-2H3,(H,41,42)/t26-,29+,30+,31-,34-/m1/s1. The van der Waals surface area contributed by atoms with E-state index in [9.17, 15) is 45.3 Å². The first kappa shape index (κ1) is 37.0. The fourth-order valence-electron chi connectivity index (χ4n) is 5.62. The molecule has 1 aliphatic rings. The van der Waals surface area contributed by atoms with Crippen molar-refractivity contribution in [1.82, 2.24) is 0 Å². The molecule has 1 saturated heterocycles. The second kappa shape index (κ2) is 18.1. The van der Waals surface area contributed by atoms with Crippen molar-refractivity contribution in [3.63, 3.8) is 0 Å². The Morgan fingerprint density at radius 3 is 1.91 bits per heavy atom. The van der Waals surface area contributed by atoms with Crippen molar-refractivity contribution in [2.24, 2.45) is 0 Å². The van der Waals surface area contributed by atoms with Crippen molar-refractivity contribution in [1.29, 1.82) is 0 Å². The largest absolute Gasteiger partial charge is 0.508 e. The number of phenolic OH excluding ortho intramolecular Hbond substituents is 2. The van der Waals surface area contributed by atoms with E-state index in [1.807, 2.05) is 0 Å². The van der Waals surface area contributed by atoms with Crippen molar-refractivity contribution >= 4 is 11.9 Å². The van der Waals surface area contributed by atoms with Crippen molar-refractivity contribution in [3.8, 4) is 23.0 Å². The molecule has 12 nitrogen and oxygen atoms in total. The molecule has 0 aliphatic carbocycles. The zero-order valence-corrected chi connectivity index (χ0v) is 26.6. The number of carboxylic acids is 1. The maximum atomic E-state index is 13.5. The van der Waals surface area contributed by atoms with Crippen LogP contribution in [0.25, 0.3) is 0 Å². The van der Waals surface area contributed by atoms with Crippen LogP contribution in [0.4, 0.5) is 0 Å². The van der Waals surface area contributed by atoms with Crippen LogP contribution in [0.2, 0.25) is 0 Å². The molecule has 0 saturated carbocycles. The number of unbranched alkanes of at least 4 members (excludes halogenated alkanes) is 8. The minimum Gasteiger partial charge on any atom is -0.508 e. The predicted molar refractivity (Wildman–Crippen MR) is 167 cm³/mol. The van der Waals surface area contributed by atoms with E-state index in [1.165, 1.54) is 12.1 Å². The molecule has 5 atom stereocenters. The quantitative estimate of drug-likeness (QED) is 0.0690. The highest BCUT2D eigenvalue weighted by molar-refractivity contribution is 5.97. The van der Waals surface area contributed by atoms with E-state index in [0.29, 0.717) is 18.4 Å². The molecule has 256 valence electrons. The van der Waals surface area contributed by atoms with Crippen LogP contribution < -0.4 is 9.47 Å². The van der Waals surface area contributed by atoms with Crippen molar-refractivity contribution in [2.75, 3.05) is 6.61 Å². The molecule has 1 heterocycles. The number of aromatic hydroxyl groups is 2. The van der Waals surface area contributed by atoms with Crippen molar-refractivity contribution in [3.05, 3.63) is 46.5 Å². The molecule has 12 heteroatoms. The van der Waals surface area contributed by atoms with Crippen molar-refractivity contribution < 1.29 is 59.5 Å². The van der Waals surface area contributed by atoms with Crippen LogP contribution in [0, 0.1) is 0 Å². The van der Waals surface area contributed by atoms with Gasteiger partial charge in [0.25, 0.3) is 0 Å². The number of aryl methyl sites for hydroxylation is 2. The van der Waals surface area contributed by atoms with Gasteiger partial charge in [-0.2, -0.15) is 0 Å². The summed E-state index contributed by atoms with van der Waals surface area (Å²) in [6.45, 7) is 3.46. The van der Waals surface area contributed by atoms with Gasteiger partial charge in [-0.15, -0.1) is 0 Å². The number of esters is 1. The zero-order chi connectivity index (χ0) is 33.8. The molecule has 2 aromatic rings. The molecular formula is C34H48O12. The molecule has 0 bridgehead atoms. The first-order valence-corrected chi connectivity index (χ1v) is 16.2. The van der Waals surface area contributed by atoms with Crippen LogP contribution in [-0.2, 0) is 17.6 Å². The molecule has 0 radical (unpaired) electrons. The first-order valence-electron chi connectivity index (χ1n) is 16.2. The number of carboxylic acid groups (broad SMARTS) is 1. The average Bonchev–Trinajstić information content (AvgIpc) is 3.00. The van der Waals surface area contributed by atoms with Gasteiger partial charge >= 0.3 is 11.9 Å². The number of hydrogen-bond acceptors (Lipinski definition) is 11. The van der Waals surface area contributed by atoms with Crippen LogP contribution in [0.1, 0.15) is 110 Å². The molecule has 0 amide bonds. The van der Waals surface area contributed by atoms with E-state index in [4.69, 9.17) is 14.2 Å². The van der Waals surface area contributed by atoms with E-state index in [2.05, 4.69) is 13.8 Å². The highest BCUT2D eigenvalue weighted by Gasteiger charge is 2.45. The second-order valence-corrected chi connectivity index (χ2v) is 11.8. The Balaban J connectivity index is 1.98. The summed E-state index contributed by atoms with van der Waals surface area (Å²) in [4.78, 5) is 26.0. The van der Waals surface area contributed by atoms with Gasteiger partial charge in [-0.3, -0.25) is 0 Å². The van der Waals surface area contributed by atoms with Crippen LogP contribution >= 0.6 is 0 Å². The molecule has 3 rings (SSSR count). The number of benzene rings is 2. The number of aromatic carboxylic acids is 1. The lowest BCUT2D eigenvalue weighted by Crippen LogP contribution is -2.60. The molecule has 1 fully saturated rings.